The Morgan fingerprint density at radius 3 is 2.21 bits per heavy atom. The Kier molecular flexibility index (Phi) is 11.9. The van der Waals surface area contributed by atoms with Crippen LogP contribution in [-0.2, 0) is 24.4 Å². The lowest BCUT2D eigenvalue weighted by atomic mass is 9.99. The van der Waals surface area contributed by atoms with Gasteiger partial charge in [0.25, 0.3) is 16.0 Å². The Morgan fingerprint density at radius 1 is 0.979 bits per heavy atom. The summed E-state index contributed by atoms with van der Waals surface area (Å²) in [5.74, 6) is -1.27. The fourth-order valence-electron chi connectivity index (χ4n) is 5.03. The number of nitrogens with one attached hydrogen (secondary N) is 2. The first kappa shape index (κ1) is 35.3. The monoisotopic (exact) mass is 665 g/mol. The zero-order valence-corrected chi connectivity index (χ0v) is 27.3. The number of nitrogens with zero attached hydrogens (tertiary/aromatic N) is 3. The van der Waals surface area contributed by atoms with Crippen molar-refractivity contribution in [2.45, 2.75) is 0 Å². The average Bonchev–Trinajstić information content (AvgIpc) is 3.38. The lowest BCUT2D eigenvalue weighted by molar-refractivity contribution is -0.119. The number of hydrogen-bond donors (Lipinski definition) is 4. The minimum absolute atomic E-state index is 0.0444. The van der Waals surface area contributed by atoms with Gasteiger partial charge in [0, 0.05) is 50.2 Å². The number of anilines is 3. The topological polar surface area (TPSA) is 169 Å². The summed E-state index contributed by atoms with van der Waals surface area (Å²) in [7, 11) is 1.29. The van der Waals surface area contributed by atoms with Crippen molar-refractivity contribution in [3.05, 3.63) is 89.5 Å². The van der Waals surface area contributed by atoms with Crippen molar-refractivity contribution in [1.29, 1.82) is 0 Å². The van der Waals surface area contributed by atoms with Crippen LogP contribution >= 0.6 is 0 Å². The molecule has 0 unspecified atom stereocenters. The number of likely N-dealkylation sites (N-methyl/N-ethyl adjacent to an activating group) is 2. The second-order valence-electron chi connectivity index (χ2n) is 11.0. The molecule has 1 saturated heterocycles. The molecule has 0 aromatic heterocycles. The summed E-state index contributed by atoms with van der Waals surface area (Å²) >= 11 is 0. The van der Waals surface area contributed by atoms with Crippen LogP contribution < -0.4 is 15.5 Å². The van der Waals surface area contributed by atoms with Crippen LogP contribution in [0.15, 0.2) is 72.8 Å². The molecule has 2 aliphatic rings. The predicted molar refractivity (Wildman–Crippen MR) is 181 cm³/mol. The molecule has 0 bridgehead atoms. The van der Waals surface area contributed by atoms with E-state index in [1.54, 1.807) is 30.1 Å². The predicted octanol–water partition coefficient (Wildman–Crippen LogP) is 2.48. The number of piperazine rings is 1. The molecule has 0 aliphatic carbocycles. The molecule has 3 aromatic rings. The summed E-state index contributed by atoms with van der Waals surface area (Å²) in [6.45, 7) is 3.56. The Morgan fingerprint density at radius 2 is 1.64 bits per heavy atom. The number of aliphatic hydroxyl groups excluding tert-OH is 1. The molecule has 2 amide bonds. The third-order valence-electron chi connectivity index (χ3n) is 7.70. The third-order valence-corrected chi connectivity index (χ3v) is 8.40. The molecule has 47 heavy (non-hydrogen) atoms. The molecule has 0 saturated carbocycles. The highest BCUT2D eigenvalue weighted by atomic mass is 32.2. The first-order valence-corrected chi connectivity index (χ1v) is 16.5. The number of carbonyl (C=O) groups excluding carboxylic acids is 3. The van der Waals surface area contributed by atoms with Crippen LogP contribution in [0.25, 0.3) is 11.3 Å². The molecule has 5 rings (SSSR count). The van der Waals surface area contributed by atoms with Crippen LogP contribution in [-0.4, -0.2) is 112 Å². The van der Waals surface area contributed by atoms with Crippen molar-refractivity contribution in [3.63, 3.8) is 0 Å². The summed E-state index contributed by atoms with van der Waals surface area (Å²) in [5, 5.41) is 14.2. The van der Waals surface area contributed by atoms with Gasteiger partial charge in [-0.05, 0) is 49.0 Å². The first-order valence-electron chi connectivity index (χ1n) is 14.8. The number of hydrogen-bond acceptors (Lipinski definition) is 10. The van der Waals surface area contributed by atoms with Crippen molar-refractivity contribution in [1.82, 2.24) is 9.80 Å². The fourth-order valence-corrected chi connectivity index (χ4v) is 5.26. The SMILES string of the molecule is COC(=O)c1ccc2c(c1)NC(=O)C2=C(Nc1ccc(N(C)C(=O)CN2CCN(C)CC2)cc1)c1ccccc1.O=S(=O)(O)CCO. The van der Waals surface area contributed by atoms with E-state index in [1.807, 2.05) is 54.6 Å². The number of methoxy groups -OCH3 is 1. The molecule has 3 aromatic carbocycles. The van der Waals surface area contributed by atoms with Gasteiger partial charge in [-0.25, -0.2) is 4.79 Å². The van der Waals surface area contributed by atoms with Crippen molar-refractivity contribution >= 4 is 56.2 Å². The molecule has 2 aliphatic heterocycles. The Balaban J connectivity index is 0.000000644. The number of carbonyl (C=O) groups is 3. The molecule has 0 spiro atoms. The largest absolute Gasteiger partial charge is 0.465 e. The molecule has 0 atom stereocenters. The van der Waals surface area contributed by atoms with E-state index < -0.39 is 28.4 Å². The van der Waals surface area contributed by atoms with E-state index in [0.29, 0.717) is 34.6 Å². The number of amides is 2. The second kappa shape index (κ2) is 15.8. The summed E-state index contributed by atoms with van der Waals surface area (Å²) in [4.78, 5) is 44.3. The van der Waals surface area contributed by atoms with E-state index in [9.17, 15) is 22.8 Å². The van der Waals surface area contributed by atoms with E-state index in [2.05, 4.69) is 27.5 Å². The number of benzene rings is 3. The van der Waals surface area contributed by atoms with E-state index >= 15 is 0 Å². The van der Waals surface area contributed by atoms with Gasteiger partial charge in [0.1, 0.15) is 0 Å². The van der Waals surface area contributed by atoms with Gasteiger partial charge in [-0.3, -0.25) is 19.0 Å². The van der Waals surface area contributed by atoms with E-state index in [0.717, 1.165) is 43.1 Å². The summed E-state index contributed by atoms with van der Waals surface area (Å²) < 4.78 is 31.9. The van der Waals surface area contributed by atoms with Gasteiger partial charge in [-0.15, -0.1) is 0 Å². The van der Waals surface area contributed by atoms with Gasteiger partial charge in [-0.2, -0.15) is 8.42 Å². The molecule has 0 radical (unpaired) electrons. The van der Waals surface area contributed by atoms with Gasteiger partial charge in [0.15, 0.2) is 0 Å². The zero-order chi connectivity index (χ0) is 34.1. The van der Waals surface area contributed by atoms with Crippen molar-refractivity contribution in [3.8, 4) is 0 Å². The molecule has 2 heterocycles. The van der Waals surface area contributed by atoms with Crippen molar-refractivity contribution in [2.75, 3.05) is 81.8 Å². The average molecular weight is 666 g/mol. The van der Waals surface area contributed by atoms with E-state index in [4.69, 9.17) is 14.4 Å². The Labute approximate surface area is 274 Å². The maximum absolute atomic E-state index is 13.2. The van der Waals surface area contributed by atoms with Gasteiger partial charge < -0.3 is 30.3 Å². The maximum atomic E-state index is 13.2. The maximum Gasteiger partial charge on any atom is 0.337 e. The number of rotatable bonds is 9. The number of fused-ring (bicyclic) bond motifs is 1. The van der Waals surface area contributed by atoms with Crippen LogP contribution in [0.1, 0.15) is 21.5 Å². The van der Waals surface area contributed by atoms with Gasteiger partial charge in [0.05, 0.1) is 48.5 Å². The summed E-state index contributed by atoms with van der Waals surface area (Å²) in [6, 6.07) is 22.2. The first-order chi connectivity index (χ1) is 22.4. The third kappa shape index (κ3) is 9.47. The highest BCUT2D eigenvalue weighted by Crippen LogP contribution is 2.38. The lowest BCUT2D eigenvalue weighted by Gasteiger charge is -2.32. The standard InChI is InChI=1S/C31H33N5O4.C2H6O4S/c1-34-15-17-36(18-16-34)20-27(37)35(2)24-12-10-23(11-13-24)32-29(21-7-5-4-6-8-21)28-25-14-9-22(31(39)40-3)19-26(25)33-30(28)38;3-1-2-7(4,5)6/h4-14,19,32H,15-18,20H2,1-3H3,(H,33,38);3H,1-2H2,(H,4,5,6). The molecular weight excluding hydrogens is 626 g/mol. The molecule has 14 heteroatoms. The smallest absolute Gasteiger partial charge is 0.337 e. The number of ether oxygens (including phenoxy) is 1. The Hall–Kier alpha value is -4.60. The van der Waals surface area contributed by atoms with Crippen LogP contribution in [0.4, 0.5) is 17.1 Å². The minimum atomic E-state index is -3.92. The quantitative estimate of drug-likeness (QED) is 0.151. The van der Waals surface area contributed by atoms with Crippen LogP contribution in [0, 0.1) is 0 Å². The van der Waals surface area contributed by atoms with Gasteiger partial charge >= 0.3 is 5.97 Å². The highest BCUT2D eigenvalue weighted by molar-refractivity contribution is 7.85. The normalized spacial score (nSPS) is 15.9. The lowest BCUT2D eigenvalue weighted by Crippen LogP contribution is -2.48. The van der Waals surface area contributed by atoms with Gasteiger partial charge in [0.2, 0.25) is 5.91 Å². The zero-order valence-electron chi connectivity index (χ0n) is 26.5. The molecule has 250 valence electrons. The van der Waals surface area contributed by atoms with Crippen LogP contribution in [0.5, 0.6) is 0 Å². The Bertz CT molecular complexity index is 1720. The van der Waals surface area contributed by atoms with Crippen LogP contribution in [0.3, 0.4) is 0 Å². The summed E-state index contributed by atoms with van der Waals surface area (Å²) in [5.41, 5.74) is 5.10. The number of aliphatic hydroxyl groups is 1. The molecule has 13 nitrogen and oxygen atoms in total. The molecule has 1 fully saturated rings. The highest BCUT2D eigenvalue weighted by Gasteiger charge is 2.29. The van der Waals surface area contributed by atoms with E-state index in [-0.39, 0.29) is 11.8 Å². The van der Waals surface area contributed by atoms with Crippen molar-refractivity contribution in [2.24, 2.45) is 0 Å². The number of esters is 1. The van der Waals surface area contributed by atoms with Gasteiger partial charge in [-0.1, -0.05) is 36.4 Å². The molecule has 4 N–H and O–H groups in total. The second-order valence-corrected chi connectivity index (χ2v) is 12.6. The summed E-state index contributed by atoms with van der Waals surface area (Å²) in [6.07, 6.45) is 0. The van der Waals surface area contributed by atoms with Crippen molar-refractivity contribution < 1.29 is 37.2 Å². The van der Waals surface area contributed by atoms with Crippen LogP contribution in [0.2, 0.25) is 0 Å². The molecular formula is C33H39N5O8S. The minimum Gasteiger partial charge on any atom is -0.465 e. The fraction of sp³-hybridized carbons (Fsp3) is 0.303. The van der Waals surface area contributed by atoms with E-state index in [1.165, 1.54) is 7.11 Å².